The van der Waals surface area contributed by atoms with Gasteiger partial charge >= 0.3 is 0 Å². The fourth-order valence-electron chi connectivity index (χ4n) is 2.37. The van der Waals surface area contributed by atoms with Gasteiger partial charge in [-0.1, -0.05) is 17.7 Å². The molecule has 0 aliphatic carbocycles. The van der Waals surface area contributed by atoms with E-state index in [2.05, 4.69) is 5.32 Å². The van der Waals surface area contributed by atoms with E-state index in [4.69, 9.17) is 11.6 Å². The van der Waals surface area contributed by atoms with Crippen LogP contribution in [-0.4, -0.2) is 5.11 Å². The Hall–Kier alpha value is -1.58. The van der Waals surface area contributed by atoms with Crippen LogP contribution in [0, 0.1) is 5.82 Å². The fraction of sp³-hybridized carbons (Fsp3) is 0.143. The van der Waals surface area contributed by atoms with Crippen molar-refractivity contribution in [3.8, 4) is 5.75 Å². The standard InChI is InChI=1S/C14H11ClFNO/c15-9-1-4-13(18)12(6-9)14-11-3-2-10(16)5-8(11)7-17-14/h1-6,14,17-18H,7H2. The van der Waals surface area contributed by atoms with Crippen molar-refractivity contribution in [1.29, 1.82) is 0 Å². The summed E-state index contributed by atoms with van der Waals surface area (Å²) in [6.07, 6.45) is 0. The summed E-state index contributed by atoms with van der Waals surface area (Å²) in [6.45, 7) is 0.587. The van der Waals surface area contributed by atoms with Gasteiger partial charge in [0.15, 0.2) is 0 Å². The number of hydrogen-bond donors (Lipinski definition) is 2. The molecule has 1 aliphatic heterocycles. The number of hydrogen-bond acceptors (Lipinski definition) is 2. The summed E-state index contributed by atoms with van der Waals surface area (Å²) < 4.78 is 13.1. The van der Waals surface area contributed by atoms with Crippen molar-refractivity contribution in [3.05, 3.63) is 63.9 Å². The van der Waals surface area contributed by atoms with Gasteiger partial charge < -0.3 is 10.4 Å². The molecule has 0 saturated heterocycles. The Labute approximate surface area is 109 Å². The molecule has 2 aromatic rings. The monoisotopic (exact) mass is 263 g/mol. The third kappa shape index (κ3) is 1.85. The summed E-state index contributed by atoms with van der Waals surface area (Å²) in [6, 6.07) is 9.49. The predicted octanol–water partition coefficient (Wildman–Crippen LogP) is 3.38. The lowest BCUT2D eigenvalue weighted by Crippen LogP contribution is -2.13. The second-order valence-corrected chi connectivity index (χ2v) is 4.80. The first kappa shape index (κ1) is 11.5. The Morgan fingerprint density at radius 1 is 1.17 bits per heavy atom. The maximum Gasteiger partial charge on any atom is 0.123 e. The minimum absolute atomic E-state index is 0.140. The lowest BCUT2D eigenvalue weighted by atomic mass is 9.98. The van der Waals surface area contributed by atoms with E-state index in [-0.39, 0.29) is 17.6 Å². The molecule has 4 heteroatoms. The zero-order valence-corrected chi connectivity index (χ0v) is 10.2. The van der Waals surface area contributed by atoms with Crippen molar-refractivity contribution in [1.82, 2.24) is 5.32 Å². The largest absolute Gasteiger partial charge is 0.508 e. The quantitative estimate of drug-likeness (QED) is 0.827. The average Bonchev–Trinajstić information content (AvgIpc) is 2.75. The summed E-state index contributed by atoms with van der Waals surface area (Å²) in [5.41, 5.74) is 2.61. The van der Waals surface area contributed by atoms with E-state index in [1.807, 2.05) is 0 Å². The average molecular weight is 264 g/mol. The summed E-state index contributed by atoms with van der Waals surface area (Å²) in [7, 11) is 0. The van der Waals surface area contributed by atoms with E-state index < -0.39 is 0 Å². The van der Waals surface area contributed by atoms with Crippen molar-refractivity contribution in [2.24, 2.45) is 0 Å². The Balaban J connectivity index is 2.08. The molecule has 0 spiro atoms. The molecule has 0 fully saturated rings. The van der Waals surface area contributed by atoms with Gasteiger partial charge in [0.1, 0.15) is 11.6 Å². The Kier molecular flexibility index (Phi) is 2.73. The first-order valence-corrected chi connectivity index (χ1v) is 6.03. The molecule has 1 unspecified atom stereocenters. The Morgan fingerprint density at radius 2 is 2.00 bits per heavy atom. The molecular formula is C14H11ClFNO. The number of fused-ring (bicyclic) bond motifs is 1. The van der Waals surface area contributed by atoms with E-state index in [1.54, 1.807) is 24.3 Å². The second kappa shape index (κ2) is 4.26. The SMILES string of the molecule is Oc1ccc(Cl)cc1C1NCc2cc(F)ccc21. The molecule has 2 N–H and O–H groups in total. The summed E-state index contributed by atoms with van der Waals surface area (Å²) in [4.78, 5) is 0. The maximum absolute atomic E-state index is 13.1. The number of phenols is 1. The molecule has 1 atom stereocenters. The van der Waals surface area contributed by atoms with Gasteiger partial charge in [-0.05, 0) is 41.5 Å². The van der Waals surface area contributed by atoms with Gasteiger partial charge in [-0.15, -0.1) is 0 Å². The van der Waals surface area contributed by atoms with Gasteiger partial charge in [-0.25, -0.2) is 4.39 Å². The van der Waals surface area contributed by atoms with Crippen molar-refractivity contribution in [2.45, 2.75) is 12.6 Å². The molecule has 0 aromatic heterocycles. The molecule has 1 aliphatic rings. The van der Waals surface area contributed by atoms with Crippen LogP contribution in [0.1, 0.15) is 22.7 Å². The number of nitrogens with one attached hydrogen (secondary N) is 1. The molecule has 2 aromatic carbocycles. The van der Waals surface area contributed by atoms with Crippen LogP contribution in [0.2, 0.25) is 5.02 Å². The topological polar surface area (TPSA) is 32.3 Å². The normalized spacial score (nSPS) is 17.8. The van der Waals surface area contributed by atoms with Crippen LogP contribution in [0.25, 0.3) is 0 Å². The van der Waals surface area contributed by atoms with Crippen LogP contribution in [0.4, 0.5) is 4.39 Å². The van der Waals surface area contributed by atoms with Gasteiger partial charge in [0.2, 0.25) is 0 Å². The molecule has 0 amide bonds. The molecule has 92 valence electrons. The van der Waals surface area contributed by atoms with Crippen LogP contribution in [-0.2, 0) is 6.54 Å². The molecule has 2 nitrogen and oxygen atoms in total. The van der Waals surface area contributed by atoms with Gasteiger partial charge in [-0.2, -0.15) is 0 Å². The molecule has 0 saturated carbocycles. The Morgan fingerprint density at radius 3 is 2.83 bits per heavy atom. The highest BCUT2D eigenvalue weighted by Gasteiger charge is 2.25. The predicted molar refractivity (Wildman–Crippen MR) is 68.2 cm³/mol. The van der Waals surface area contributed by atoms with E-state index in [9.17, 15) is 9.50 Å². The third-order valence-corrected chi connectivity index (χ3v) is 3.45. The Bertz CT molecular complexity index is 615. The van der Waals surface area contributed by atoms with E-state index in [0.717, 1.165) is 11.1 Å². The zero-order valence-electron chi connectivity index (χ0n) is 9.45. The van der Waals surface area contributed by atoms with Crippen LogP contribution in [0.3, 0.4) is 0 Å². The van der Waals surface area contributed by atoms with E-state index >= 15 is 0 Å². The van der Waals surface area contributed by atoms with Crippen molar-refractivity contribution in [2.75, 3.05) is 0 Å². The number of benzene rings is 2. The zero-order chi connectivity index (χ0) is 12.7. The molecule has 18 heavy (non-hydrogen) atoms. The van der Waals surface area contributed by atoms with E-state index in [1.165, 1.54) is 12.1 Å². The maximum atomic E-state index is 13.1. The van der Waals surface area contributed by atoms with Crippen molar-refractivity contribution < 1.29 is 9.50 Å². The minimum atomic E-state index is -0.244. The summed E-state index contributed by atoms with van der Waals surface area (Å²) in [5.74, 6) is -0.0550. The van der Waals surface area contributed by atoms with Crippen LogP contribution < -0.4 is 5.32 Å². The summed E-state index contributed by atoms with van der Waals surface area (Å²) >= 11 is 5.95. The molecule has 1 heterocycles. The number of rotatable bonds is 1. The minimum Gasteiger partial charge on any atom is -0.508 e. The van der Waals surface area contributed by atoms with Gasteiger partial charge in [0, 0.05) is 17.1 Å². The second-order valence-electron chi connectivity index (χ2n) is 4.36. The molecule has 3 rings (SSSR count). The van der Waals surface area contributed by atoms with Crippen LogP contribution >= 0.6 is 11.6 Å². The third-order valence-electron chi connectivity index (χ3n) is 3.21. The fourth-order valence-corrected chi connectivity index (χ4v) is 2.55. The number of aromatic hydroxyl groups is 1. The highest BCUT2D eigenvalue weighted by Crippen LogP contribution is 2.36. The smallest absolute Gasteiger partial charge is 0.123 e. The van der Waals surface area contributed by atoms with Gasteiger partial charge in [-0.3, -0.25) is 0 Å². The highest BCUT2D eigenvalue weighted by molar-refractivity contribution is 6.30. The van der Waals surface area contributed by atoms with Crippen molar-refractivity contribution >= 4 is 11.6 Å². The lowest BCUT2D eigenvalue weighted by Gasteiger charge is -2.14. The van der Waals surface area contributed by atoms with Crippen molar-refractivity contribution in [3.63, 3.8) is 0 Å². The lowest BCUT2D eigenvalue weighted by molar-refractivity contribution is 0.460. The van der Waals surface area contributed by atoms with E-state index in [0.29, 0.717) is 17.1 Å². The number of halogens is 2. The number of phenolic OH excluding ortho intramolecular Hbond substituents is 1. The highest BCUT2D eigenvalue weighted by atomic mass is 35.5. The van der Waals surface area contributed by atoms with Gasteiger partial charge in [0.25, 0.3) is 0 Å². The molecule has 0 bridgehead atoms. The first-order valence-electron chi connectivity index (χ1n) is 5.65. The van der Waals surface area contributed by atoms with Gasteiger partial charge in [0.05, 0.1) is 6.04 Å². The summed E-state index contributed by atoms with van der Waals surface area (Å²) in [5, 5.41) is 13.7. The molecular weight excluding hydrogens is 253 g/mol. The van der Waals surface area contributed by atoms with Crippen LogP contribution in [0.15, 0.2) is 36.4 Å². The van der Waals surface area contributed by atoms with Crippen LogP contribution in [0.5, 0.6) is 5.75 Å². The molecule has 0 radical (unpaired) electrons. The first-order chi connectivity index (χ1) is 8.65.